The number of aromatic nitrogens is 1. The predicted octanol–water partition coefficient (Wildman–Crippen LogP) is 2.45. The third kappa shape index (κ3) is 2.89. The van der Waals surface area contributed by atoms with E-state index < -0.39 is 0 Å². The third-order valence-electron chi connectivity index (χ3n) is 5.58. The Morgan fingerprint density at radius 1 is 1.18 bits per heavy atom. The van der Waals surface area contributed by atoms with Gasteiger partial charge in [0.2, 0.25) is 5.91 Å². The van der Waals surface area contributed by atoms with Crippen LogP contribution < -0.4 is 0 Å². The first-order valence-electron chi connectivity index (χ1n) is 8.65. The van der Waals surface area contributed by atoms with E-state index in [1.165, 1.54) is 37.8 Å². The molecular weight excluding hydrogens is 274 g/mol. The van der Waals surface area contributed by atoms with Gasteiger partial charge in [0.1, 0.15) is 0 Å². The average molecular weight is 299 g/mol. The fourth-order valence-electron chi connectivity index (χ4n) is 4.29. The molecule has 0 radical (unpaired) electrons. The van der Waals surface area contributed by atoms with Gasteiger partial charge in [-0.2, -0.15) is 0 Å². The molecule has 1 aliphatic carbocycles. The Kier molecular flexibility index (Phi) is 3.65. The van der Waals surface area contributed by atoms with E-state index in [1.54, 1.807) is 0 Å². The Labute approximate surface area is 132 Å². The van der Waals surface area contributed by atoms with Crippen LogP contribution in [0.3, 0.4) is 0 Å². The molecule has 4 rings (SSSR count). The van der Waals surface area contributed by atoms with E-state index in [1.807, 2.05) is 12.4 Å². The lowest BCUT2D eigenvalue weighted by Gasteiger charge is -2.48. The third-order valence-corrected chi connectivity index (χ3v) is 5.58. The summed E-state index contributed by atoms with van der Waals surface area (Å²) in [7, 11) is 0. The number of likely N-dealkylation sites (tertiary alicyclic amines) is 2. The van der Waals surface area contributed by atoms with Crippen molar-refractivity contribution in [3.05, 3.63) is 30.1 Å². The highest BCUT2D eigenvalue weighted by molar-refractivity contribution is 5.78. The predicted molar refractivity (Wildman–Crippen MR) is 85.2 cm³/mol. The molecule has 3 fully saturated rings. The van der Waals surface area contributed by atoms with Crippen molar-refractivity contribution in [1.82, 2.24) is 14.8 Å². The SMILES string of the molecule is O=C1CC[C@@]2(CCCN(Cc3ccncc3)C2)CN1C1CC1. The summed E-state index contributed by atoms with van der Waals surface area (Å²) in [6.07, 6.45) is 10.6. The van der Waals surface area contributed by atoms with E-state index in [9.17, 15) is 4.79 Å². The first kappa shape index (κ1) is 14.2. The van der Waals surface area contributed by atoms with E-state index in [0.717, 1.165) is 32.5 Å². The Hall–Kier alpha value is -1.42. The molecule has 1 saturated carbocycles. The van der Waals surface area contributed by atoms with Crippen molar-refractivity contribution < 1.29 is 4.79 Å². The molecule has 1 spiro atoms. The van der Waals surface area contributed by atoms with Crippen molar-refractivity contribution in [1.29, 1.82) is 0 Å². The summed E-state index contributed by atoms with van der Waals surface area (Å²) < 4.78 is 0. The van der Waals surface area contributed by atoms with Crippen molar-refractivity contribution in [2.24, 2.45) is 5.41 Å². The second-order valence-corrected chi connectivity index (χ2v) is 7.42. The lowest BCUT2D eigenvalue weighted by molar-refractivity contribution is -0.140. The summed E-state index contributed by atoms with van der Waals surface area (Å²) in [6.45, 7) is 4.35. The van der Waals surface area contributed by atoms with Gasteiger partial charge in [-0.1, -0.05) is 0 Å². The Balaban J connectivity index is 1.44. The molecule has 1 atom stereocenters. The Bertz CT molecular complexity index is 543. The van der Waals surface area contributed by atoms with Gasteiger partial charge in [-0.25, -0.2) is 0 Å². The minimum absolute atomic E-state index is 0.349. The van der Waals surface area contributed by atoms with Gasteiger partial charge in [0, 0.05) is 49.9 Å². The molecule has 2 aliphatic heterocycles. The zero-order valence-electron chi connectivity index (χ0n) is 13.2. The lowest BCUT2D eigenvalue weighted by Crippen LogP contribution is -2.54. The van der Waals surface area contributed by atoms with Crippen LogP contribution >= 0.6 is 0 Å². The van der Waals surface area contributed by atoms with Gasteiger partial charge >= 0.3 is 0 Å². The fourth-order valence-corrected chi connectivity index (χ4v) is 4.29. The van der Waals surface area contributed by atoms with Gasteiger partial charge in [-0.3, -0.25) is 14.7 Å². The van der Waals surface area contributed by atoms with Gasteiger partial charge in [0.25, 0.3) is 0 Å². The molecule has 1 aromatic heterocycles. The van der Waals surface area contributed by atoms with Crippen LogP contribution in [0.4, 0.5) is 0 Å². The van der Waals surface area contributed by atoms with E-state index in [0.29, 0.717) is 17.4 Å². The molecule has 0 unspecified atom stereocenters. The topological polar surface area (TPSA) is 36.4 Å². The summed E-state index contributed by atoms with van der Waals surface area (Å²) in [6, 6.07) is 4.80. The van der Waals surface area contributed by atoms with E-state index in [4.69, 9.17) is 0 Å². The molecule has 3 heterocycles. The van der Waals surface area contributed by atoms with Crippen molar-refractivity contribution >= 4 is 5.91 Å². The molecule has 1 aromatic rings. The molecule has 0 bridgehead atoms. The van der Waals surface area contributed by atoms with Crippen LogP contribution in [-0.2, 0) is 11.3 Å². The number of amides is 1. The van der Waals surface area contributed by atoms with E-state index in [-0.39, 0.29) is 0 Å². The van der Waals surface area contributed by atoms with Gasteiger partial charge in [-0.05, 0) is 56.3 Å². The van der Waals surface area contributed by atoms with Crippen molar-refractivity contribution in [3.63, 3.8) is 0 Å². The quantitative estimate of drug-likeness (QED) is 0.860. The maximum atomic E-state index is 12.2. The highest BCUT2D eigenvalue weighted by Gasteiger charge is 2.45. The van der Waals surface area contributed by atoms with Crippen molar-refractivity contribution in [3.8, 4) is 0 Å². The van der Waals surface area contributed by atoms with Gasteiger partial charge in [0.05, 0.1) is 0 Å². The number of hydrogen-bond acceptors (Lipinski definition) is 3. The van der Waals surface area contributed by atoms with E-state index >= 15 is 0 Å². The number of hydrogen-bond donors (Lipinski definition) is 0. The minimum atomic E-state index is 0.349. The maximum absolute atomic E-state index is 12.2. The van der Waals surface area contributed by atoms with Crippen molar-refractivity contribution in [2.45, 2.75) is 51.1 Å². The number of carbonyl (C=O) groups excluding carboxylic acids is 1. The minimum Gasteiger partial charge on any atom is -0.339 e. The lowest BCUT2D eigenvalue weighted by atomic mass is 9.73. The molecule has 118 valence electrons. The molecule has 0 N–H and O–H groups in total. The van der Waals surface area contributed by atoms with Gasteiger partial charge in [0.15, 0.2) is 0 Å². The molecule has 1 amide bonds. The Morgan fingerprint density at radius 3 is 2.77 bits per heavy atom. The molecule has 0 aromatic carbocycles. The number of piperidine rings is 2. The van der Waals surface area contributed by atoms with Crippen LogP contribution in [0.2, 0.25) is 0 Å². The van der Waals surface area contributed by atoms with Crippen LogP contribution in [0.15, 0.2) is 24.5 Å². The normalized spacial score (nSPS) is 30.0. The molecule has 22 heavy (non-hydrogen) atoms. The standard InChI is InChI=1S/C18H25N3O/c22-17-4-8-18(14-21(17)16-2-3-16)7-1-11-20(13-18)12-15-5-9-19-10-6-15/h5-6,9-10,16H,1-4,7-8,11-14H2/t18-/m1/s1. The molecule has 3 aliphatic rings. The highest BCUT2D eigenvalue weighted by Crippen LogP contribution is 2.42. The second kappa shape index (κ2) is 5.65. The molecule has 4 heteroatoms. The highest BCUT2D eigenvalue weighted by atomic mass is 16.2. The first-order chi connectivity index (χ1) is 10.7. The summed E-state index contributed by atoms with van der Waals surface area (Å²) in [4.78, 5) is 21.1. The number of rotatable bonds is 3. The van der Waals surface area contributed by atoms with Crippen LogP contribution in [0, 0.1) is 5.41 Å². The largest absolute Gasteiger partial charge is 0.339 e. The summed E-state index contributed by atoms with van der Waals surface area (Å²) >= 11 is 0. The van der Waals surface area contributed by atoms with Crippen LogP contribution in [0.1, 0.15) is 44.1 Å². The number of nitrogens with zero attached hydrogens (tertiary/aromatic N) is 3. The molecule has 2 saturated heterocycles. The zero-order valence-corrected chi connectivity index (χ0v) is 13.2. The second-order valence-electron chi connectivity index (χ2n) is 7.42. The van der Waals surface area contributed by atoms with Gasteiger partial charge in [-0.15, -0.1) is 0 Å². The number of carbonyl (C=O) groups is 1. The maximum Gasteiger partial charge on any atom is 0.222 e. The van der Waals surface area contributed by atoms with E-state index in [2.05, 4.69) is 26.9 Å². The van der Waals surface area contributed by atoms with Crippen LogP contribution in [0.5, 0.6) is 0 Å². The Morgan fingerprint density at radius 2 is 2.00 bits per heavy atom. The monoisotopic (exact) mass is 299 g/mol. The number of pyridine rings is 1. The smallest absolute Gasteiger partial charge is 0.222 e. The van der Waals surface area contributed by atoms with Crippen LogP contribution in [-0.4, -0.2) is 46.4 Å². The summed E-state index contributed by atoms with van der Waals surface area (Å²) in [5.41, 5.74) is 1.69. The van der Waals surface area contributed by atoms with Crippen LogP contribution in [0.25, 0.3) is 0 Å². The average Bonchev–Trinajstić information content (AvgIpc) is 3.36. The molecular formula is C18H25N3O. The molecule has 4 nitrogen and oxygen atoms in total. The summed E-state index contributed by atoms with van der Waals surface area (Å²) in [5, 5.41) is 0. The first-order valence-corrected chi connectivity index (χ1v) is 8.65. The fraction of sp³-hybridized carbons (Fsp3) is 0.667. The zero-order chi connectivity index (χ0) is 15.0. The van der Waals surface area contributed by atoms with Gasteiger partial charge < -0.3 is 4.90 Å². The summed E-state index contributed by atoms with van der Waals surface area (Å²) in [5.74, 6) is 0.402. The van der Waals surface area contributed by atoms with Crippen molar-refractivity contribution in [2.75, 3.05) is 19.6 Å².